The molecule has 2 rings (SSSR count). The van der Waals surface area contributed by atoms with E-state index < -0.39 is 0 Å². The van der Waals surface area contributed by atoms with Crippen molar-refractivity contribution in [1.29, 1.82) is 0 Å². The van der Waals surface area contributed by atoms with E-state index in [1.54, 1.807) is 4.68 Å². The highest BCUT2D eigenvalue weighted by Crippen LogP contribution is 2.09. The van der Waals surface area contributed by atoms with Crippen molar-refractivity contribution in [2.24, 2.45) is 14.1 Å². The molecule has 0 aliphatic rings. The first-order chi connectivity index (χ1) is 7.15. The number of rotatable bonds is 3. The van der Waals surface area contributed by atoms with Crippen LogP contribution < -0.4 is 5.32 Å². The first-order valence-corrected chi connectivity index (χ1v) is 4.88. The Morgan fingerprint density at radius 1 is 1.33 bits per heavy atom. The molecule has 0 aromatic carbocycles. The molecular weight excluding hydrogens is 190 g/mol. The minimum absolute atomic E-state index is 0.722. The maximum Gasteiger partial charge on any atom is 0.124 e. The highest BCUT2D eigenvalue weighted by Gasteiger charge is 2.02. The lowest BCUT2D eigenvalue weighted by Crippen LogP contribution is -2.05. The molecule has 2 aromatic rings. The molecule has 0 aliphatic heterocycles. The summed E-state index contributed by atoms with van der Waals surface area (Å²) < 4.78 is 3.63. The third-order valence-corrected chi connectivity index (χ3v) is 2.22. The van der Waals surface area contributed by atoms with Gasteiger partial charge in [-0.25, -0.2) is 0 Å². The molecule has 0 spiro atoms. The van der Waals surface area contributed by atoms with Gasteiger partial charge in [0.25, 0.3) is 0 Å². The van der Waals surface area contributed by atoms with Gasteiger partial charge < -0.3 is 5.32 Å². The van der Waals surface area contributed by atoms with Crippen LogP contribution in [0.15, 0.2) is 18.3 Å². The molecule has 5 nitrogen and oxygen atoms in total. The highest BCUT2D eigenvalue weighted by atomic mass is 15.3. The zero-order chi connectivity index (χ0) is 10.8. The molecule has 0 aliphatic carbocycles. The predicted octanol–water partition coefficient (Wildman–Crippen LogP) is 1.07. The zero-order valence-electron chi connectivity index (χ0n) is 9.23. The van der Waals surface area contributed by atoms with Crippen molar-refractivity contribution in [3.05, 3.63) is 29.7 Å². The van der Waals surface area contributed by atoms with Gasteiger partial charge >= 0.3 is 0 Å². The summed E-state index contributed by atoms with van der Waals surface area (Å²) in [5, 5.41) is 11.8. The van der Waals surface area contributed by atoms with Crippen LogP contribution in [0.3, 0.4) is 0 Å². The molecule has 1 N–H and O–H groups in total. The van der Waals surface area contributed by atoms with E-state index in [0.717, 1.165) is 23.8 Å². The fraction of sp³-hybridized carbons (Fsp3) is 0.400. The highest BCUT2D eigenvalue weighted by molar-refractivity contribution is 5.36. The number of nitrogens with one attached hydrogen (secondary N) is 1. The van der Waals surface area contributed by atoms with Crippen LogP contribution >= 0.6 is 0 Å². The number of hydrogen-bond acceptors (Lipinski definition) is 3. The van der Waals surface area contributed by atoms with E-state index in [1.165, 1.54) is 0 Å². The first-order valence-electron chi connectivity index (χ1n) is 4.88. The molecular formula is C10H15N5. The molecule has 2 heterocycles. The largest absolute Gasteiger partial charge is 0.365 e. The number of hydrogen-bond donors (Lipinski definition) is 1. The fourth-order valence-electron chi connectivity index (χ4n) is 1.51. The van der Waals surface area contributed by atoms with Gasteiger partial charge in [-0.1, -0.05) is 0 Å². The first kappa shape index (κ1) is 9.76. The lowest BCUT2D eigenvalue weighted by Gasteiger charge is -2.03. The third-order valence-electron chi connectivity index (χ3n) is 2.22. The number of aryl methyl sites for hydroxylation is 3. The van der Waals surface area contributed by atoms with Crippen LogP contribution in [0.1, 0.15) is 11.4 Å². The van der Waals surface area contributed by atoms with Crippen molar-refractivity contribution in [1.82, 2.24) is 19.6 Å². The van der Waals surface area contributed by atoms with Crippen molar-refractivity contribution in [2.75, 3.05) is 5.32 Å². The molecule has 80 valence electrons. The second-order valence-corrected chi connectivity index (χ2v) is 3.63. The van der Waals surface area contributed by atoms with Crippen LogP contribution in [0.5, 0.6) is 0 Å². The molecule has 0 unspecified atom stereocenters. The Morgan fingerprint density at radius 2 is 2.13 bits per heavy atom. The number of nitrogens with zero attached hydrogens (tertiary/aromatic N) is 4. The van der Waals surface area contributed by atoms with Gasteiger partial charge in [-0.3, -0.25) is 9.36 Å². The lowest BCUT2D eigenvalue weighted by molar-refractivity contribution is 0.737. The normalized spacial score (nSPS) is 10.6. The van der Waals surface area contributed by atoms with Crippen molar-refractivity contribution < 1.29 is 0 Å². The van der Waals surface area contributed by atoms with Gasteiger partial charge in [0.2, 0.25) is 0 Å². The maximum absolute atomic E-state index is 4.29. The van der Waals surface area contributed by atoms with E-state index in [0.29, 0.717) is 0 Å². The van der Waals surface area contributed by atoms with Crippen LogP contribution in [-0.4, -0.2) is 19.6 Å². The monoisotopic (exact) mass is 205 g/mol. The summed E-state index contributed by atoms with van der Waals surface area (Å²) in [6, 6.07) is 4.01. The van der Waals surface area contributed by atoms with Crippen LogP contribution in [0.4, 0.5) is 5.82 Å². The van der Waals surface area contributed by atoms with Gasteiger partial charge in [-0.05, 0) is 13.0 Å². The zero-order valence-corrected chi connectivity index (χ0v) is 9.23. The maximum atomic E-state index is 4.29. The summed E-state index contributed by atoms with van der Waals surface area (Å²) >= 11 is 0. The van der Waals surface area contributed by atoms with Crippen molar-refractivity contribution in [3.8, 4) is 0 Å². The number of aromatic nitrogens is 4. The van der Waals surface area contributed by atoms with Gasteiger partial charge in [-0.15, -0.1) is 0 Å². The quantitative estimate of drug-likeness (QED) is 0.815. The van der Waals surface area contributed by atoms with E-state index in [1.807, 2.05) is 44.0 Å². The van der Waals surface area contributed by atoms with Crippen molar-refractivity contribution >= 4 is 5.82 Å². The molecule has 5 heteroatoms. The Bertz CT molecular complexity index is 454. The summed E-state index contributed by atoms with van der Waals surface area (Å²) in [4.78, 5) is 0. The van der Waals surface area contributed by atoms with Gasteiger partial charge in [0.1, 0.15) is 5.82 Å². The smallest absolute Gasteiger partial charge is 0.124 e. The van der Waals surface area contributed by atoms with Crippen LogP contribution in [0, 0.1) is 6.92 Å². The lowest BCUT2D eigenvalue weighted by atomic mass is 10.4. The topological polar surface area (TPSA) is 47.7 Å². The minimum atomic E-state index is 0.722. The predicted molar refractivity (Wildman–Crippen MR) is 58.5 cm³/mol. The summed E-state index contributed by atoms with van der Waals surface area (Å²) in [5.74, 6) is 1.01. The summed E-state index contributed by atoms with van der Waals surface area (Å²) in [6.45, 7) is 2.70. The van der Waals surface area contributed by atoms with Gasteiger partial charge in [-0.2, -0.15) is 10.2 Å². The Kier molecular flexibility index (Phi) is 2.45. The van der Waals surface area contributed by atoms with Crippen LogP contribution in [0.2, 0.25) is 0 Å². The van der Waals surface area contributed by atoms with E-state index in [2.05, 4.69) is 15.5 Å². The standard InChI is InChI=1S/C10H15N5/c1-8-6-10(15(3)12-8)11-7-9-4-5-14(2)13-9/h4-6,11H,7H2,1-3H3. The Morgan fingerprint density at radius 3 is 2.67 bits per heavy atom. The molecule has 0 fully saturated rings. The molecule has 2 aromatic heterocycles. The van der Waals surface area contributed by atoms with E-state index in [-0.39, 0.29) is 0 Å². The van der Waals surface area contributed by atoms with Crippen molar-refractivity contribution in [3.63, 3.8) is 0 Å². The summed E-state index contributed by atoms with van der Waals surface area (Å²) in [5.41, 5.74) is 2.04. The molecule has 0 amide bonds. The number of anilines is 1. The van der Waals surface area contributed by atoms with E-state index in [9.17, 15) is 0 Å². The Hall–Kier alpha value is -1.78. The van der Waals surface area contributed by atoms with Crippen LogP contribution in [-0.2, 0) is 20.6 Å². The fourth-order valence-corrected chi connectivity index (χ4v) is 1.51. The molecule has 0 radical (unpaired) electrons. The summed E-state index contributed by atoms with van der Waals surface area (Å²) in [6.07, 6.45) is 1.94. The second kappa shape index (κ2) is 3.76. The minimum Gasteiger partial charge on any atom is -0.365 e. The average Bonchev–Trinajstić information content (AvgIpc) is 2.70. The molecule has 0 saturated heterocycles. The Balaban J connectivity index is 2.01. The van der Waals surface area contributed by atoms with Gasteiger partial charge in [0.15, 0.2) is 0 Å². The Labute approximate surface area is 88.7 Å². The average molecular weight is 205 g/mol. The SMILES string of the molecule is Cc1cc(NCc2ccn(C)n2)n(C)n1. The summed E-state index contributed by atoms with van der Waals surface area (Å²) in [7, 11) is 3.84. The van der Waals surface area contributed by atoms with Gasteiger partial charge in [0, 0.05) is 26.4 Å². The molecule has 0 atom stereocenters. The third kappa shape index (κ3) is 2.18. The second-order valence-electron chi connectivity index (χ2n) is 3.63. The molecule has 0 saturated carbocycles. The van der Waals surface area contributed by atoms with E-state index in [4.69, 9.17) is 0 Å². The van der Waals surface area contributed by atoms with E-state index >= 15 is 0 Å². The van der Waals surface area contributed by atoms with Crippen molar-refractivity contribution in [2.45, 2.75) is 13.5 Å². The molecule has 0 bridgehead atoms. The molecule has 15 heavy (non-hydrogen) atoms. The van der Waals surface area contributed by atoms with Gasteiger partial charge in [0.05, 0.1) is 17.9 Å². The van der Waals surface area contributed by atoms with Crippen LogP contribution in [0.25, 0.3) is 0 Å².